The Morgan fingerprint density at radius 3 is 2.23 bits per heavy atom. The first-order valence-corrected chi connectivity index (χ1v) is 18.1. The molecule has 0 aliphatic heterocycles. The van der Waals surface area contributed by atoms with E-state index in [-0.39, 0.29) is 37.6 Å². The van der Waals surface area contributed by atoms with Gasteiger partial charge in [0.05, 0.1) is 24.4 Å². The zero-order valence-electron chi connectivity index (χ0n) is 27.6. The molecule has 3 amide bonds. The molecule has 6 rings (SSSR count). The van der Waals surface area contributed by atoms with Crippen LogP contribution in [-0.4, -0.2) is 82.4 Å². The highest BCUT2D eigenvalue weighted by atomic mass is 32.2. The predicted molar refractivity (Wildman–Crippen MR) is 171 cm³/mol. The van der Waals surface area contributed by atoms with Crippen molar-refractivity contribution in [3.8, 4) is 17.1 Å². The Hall–Kier alpha value is -4.08. The van der Waals surface area contributed by atoms with Gasteiger partial charge in [0.2, 0.25) is 21.8 Å². The number of alkyl carbamates (subject to hydrolysis) is 1. The summed E-state index contributed by atoms with van der Waals surface area (Å²) in [6, 6.07) is 5.65. The molecule has 48 heavy (non-hydrogen) atoms. The second-order valence-electron chi connectivity index (χ2n) is 14.6. The van der Waals surface area contributed by atoms with E-state index in [1.54, 1.807) is 31.4 Å². The summed E-state index contributed by atoms with van der Waals surface area (Å²) >= 11 is 0. The Labute approximate surface area is 279 Å². The minimum Gasteiger partial charge on any atom is -0.497 e. The number of ketones is 1. The van der Waals surface area contributed by atoms with Gasteiger partial charge in [0, 0.05) is 17.4 Å². The van der Waals surface area contributed by atoms with Crippen molar-refractivity contribution in [1.29, 1.82) is 0 Å². The van der Waals surface area contributed by atoms with E-state index in [0.717, 1.165) is 19.3 Å². The Balaban J connectivity index is 1.24. The number of aromatic nitrogens is 4. The Kier molecular flexibility index (Phi) is 8.98. The van der Waals surface area contributed by atoms with Crippen molar-refractivity contribution in [2.75, 3.05) is 7.11 Å². The summed E-state index contributed by atoms with van der Waals surface area (Å²) in [7, 11) is -2.25. The average Bonchev–Trinajstić information content (AvgIpc) is 3.93. The van der Waals surface area contributed by atoms with Gasteiger partial charge in [0.25, 0.3) is 5.91 Å². The SMILES string of the molecule is COc1ccc(-c2nnn([C@H]3CC(C(=O)C(NC(=O)OC4CCC4)C(C)(C)C)[C@H](C(=O)NC4(C(=O)NS(=O)(=O)C5CC5)CC4)C3)n2)cc1. The van der Waals surface area contributed by atoms with Gasteiger partial charge in [0.1, 0.15) is 17.4 Å². The van der Waals surface area contributed by atoms with Gasteiger partial charge >= 0.3 is 6.09 Å². The van der Waals surface area contributed by atoms with E-state index in [1.165, 1.54) is 4.80 Å². The Morgan fingerprint density at radius 2 is 1.67 bits per heavy atom. The normalized spacial score (nSPS) is 24.1. The molecule has 2 aromatic rings. The molecule has 3 N–H and O–H groups in total. The monoisotopic (exact) mass is 685 g/mol. The van der Waals surface area contributed by atoms with Crippen LogP contribution in [0.3, 0.4) is 0 Å². The van der Waals surface area contributed by atoms with Gasteiger partial charge < -0.3 is 20.1 Å². The number of sulfonamides is 1. The number of methoxy groups -OCH3 is 1. The van der Waals surface area contributed by atoms with Crippen molar-refractivity contribution in [3.05, 3.63) is 24.3 Å². The molecule has 2 unspecified atom stereocenters. The smallest absolute Gasteiger partial charge is 0.408 e. The van der Waals surface area contributed by atoms with Crippen LogP contribution < -0.4 is 20.1 Å². The van der Waals surface area contributed by atoms with E-state index in [2.05, 4.69) is 30.8 Å². The molecule has 4 aliphatic rings. The molecule has 4 fully saturated rings. The molecular formula is C32H43N7O8S. The summed E-state index contributed by atoms with van der Waals surface area (Å²) in [6.45, 7) is 5.47. The second kappa shape index (κ2) is 12.7. The van der Waals surface area contributed by atoms with E-state index in [9.17, 15) is 27.6 Å². The van der Waals surface area contributed by atoms with Gasteiger partial charge in [-0.05, 0) is 92.7 Å². The van der Waals surface area contributed by atoms with Crippen LogP contribution in [0.2, 0.25) is 0 Å². The first kappa shape index (κ1) is 33.8. The quantitative estimate of drug-likeness (QED) is 0.296. The fourth-order valence-corrected chi connectivity index (χ4v) is 7.69. The number of Topliss-reactive ketones (excluding diaryl/α,β-unsaturated/α-hetero) is 1. The lowest BCUT2D eigenvalue weighted by molar-refractivity contribution is -0.136. The molecular weight excluding hydrogens is 642 g/mol. The molecule has 1 aromatic heterocycles. The first-order valence-electron chi connectivity index (χ1n) is 16.5. The number of ether oxygens (including phenoxy) is 2. The van der Waals surface area contributed by atoms with Gasteiger partial charge in [-0.2, -0.15) is 4.80 Å². The van der Waals surface area contributed by atoms with Crippen LogP contribution in [0, 0.1) is 17.3 Å². The highest BCUT2D eigenvalue weighted by Gasteiger charge is 2.56. The third-order valence-corrected chi connectivity index (χ3v) is 11.6. The highest BCUT2D eigenvalue weighted by Crippen LogP contribution is 2.44. The van der Waals surface area contributed by atoms with Gasteiger partial charge in [0.15, 0.2) is 5.78 Å². The van der Waals surface area contributed by atoms with Crippen LogP contribution in [0.15, 0.2) is 24.3 Å². The van der Waals surface area contributed by atoms with Crippen molar-refractivity contribution in [2.45, 2.75) is 108 Å². The number of carbonyl (C=O) groups is 4. The van der Waals surface area contributed by atoms with Gasteiger partial charge in [-0.25, -0.2) is 13.2 Å². The summed E-state index contributed by atoms with van der Waals surface area (Å²) in [6.07, 6.45) is 3.51. The fourth-order valence-electron chi connectivity index (χ4n) is 6.31. The maximum atomic E-state index is 14.4. The van der Waals surface area contributed by atoms with Crippen molar-refractivity contribution in [3.63, 3.8) is 0 Å². The predicted octanol–water partition coefficient (Wildman–Crippen LogP) is 2.44. The van der Waals surface area contributed by atoms with Gasteiger partial charge in [-0.15, -0.1) is 10.2 Å². The zero-order valence-corrected chi connectivity index (χ0v) is 28.4. The van der Waals surface area contributed by atoms with Crippen molar-refractivity contribution >= 4 is 33.7 Å². The number of rotatable bonds is 12. The van der Waals surface area contributed by atoms with Crippen LogP contribution in [0.5, 0.6) is 5.75 Å². The molecule has 16 heteroatoms. The summed E-state index contributed by atoms with van der Waals surface area (Å²) in [5, 5.41) is 18.0. The van der Waals surface area contributed by atoms with E-state index >= 15 is 0 Å². The Bertz CT molecular complexity index is 1670. The number of amides is 3. The summed E-state index contributed by atoms with van der Waals surface area (Å²) < 4.78 is 37.8. The number of nitrogens with zero attached hydrogens (tertiary/aromatic N) is 4. The maximum Gasteiger partial charge on any atom is 0.408 e. The molecule has 0 saturated heterocycles. The van der Waals surface area contributed by atoms with Crippen LogP contribution in [0.25, 0.3) is 11.4 Å². The maximum absolute atomic E-state index is 14.4. The van der Waals surface area contributed by atoms with Crippen molar-refractivity contribution < 1.29 is 37.1 Å². The standard InChI is InChI=1S/C32H43N7O8S/c1-31(2,3)26(33-30(43)47-21-6-5-7-21)25(40)23-16-19(39-36-27(35-38-39)18-8-10-20(46-4)11-9-18)17-24(23)28(41)34-32(14-15-32)29(42)37-48(44,45)22-12-13-22/h8-11,19,21-24,26H,5-7,12-17H2,1-4H3,(H,33,43)(H,34,41)(H,37,42)/t19-,23?,24+,26?/m0/s1. The van der Waals surface area contributed by atoms with Crippen LogP contribution in [-0.2, 0) is 29.1 Å². The number of benzene rings is 1. The lowest BCUT2D eigenvalue weighted by Crippen LogP contribution is -2.55. The third kappa shape index (κ3) is 7.17. The molecule has 260 valence electrons. The molecule has 4 atom stereocenters. The second-order valence-corrected chi connectivity index (χ2v) is 16.5. The number of hydrogen-bond donors (Lipinski definition) is 3. The zero-order chi connectivity index (χ0) is 34.4. The number of nitrogens with one attached hydrogen (secondary N) is 3. The molecule has 0 radical (unpaired) electrons. The molecule has 4 aliphatic carbocycles. The van der Waals surface area contributed by atoms with E-state index in [4.69, 9.17) is 9.47 Å². The highest BCUT2D eigenvalue weighted by molar-refractivity contribution is 7.91. The number of carbonyl (C=O) groups excluding carboxylic acids is 4. The van der Waals surface area contributed by atoms with E-state index < -0.39 is 68.1 Å². The molecule has 0 spiro atoms. The van der Waals surface area contributed by atoms with Gasteiger partial charge in [-0.1, -0.05) is 20.8 Å². The molecule has 4 saturated carbocycles. The average molecular weight is 686 g/mol. The fraction of sp³-hybridized carbons (Fsp3) is 0.656. The molecule has 1 aromatic carbocycles. The summed E-state index contributed by atoms with van der Waals surface area (Å²) in [4.78, 5) is 55.7. The van der Waals surface area contributed by atoms with Crippen LogP contribution in [0.4, 0.5) is 4.79 Å². The number of hydrogen-bond acceptors (Lipinski definition) is 11. The minimum absolute atomic E-state index is 0.155. The van der Waals surface area contributed by atoms with Crippen molar-refractivity contribution in [2.24, 2.45) is 17.3 Å². The van der Waals surface area contributed by atoms with Crippen LogP contribution in [0.1, 0.15) is 84.6 Å². The molecule has 15 nitrogen and oxygen atoms in total. The topological polar surface area (TPSA) is 201 Å². The van der Waals surface area contributed by atoms with E-state index in [1.807, 2.05) is 20.8 Å². The molecule has 1 heterocycles. The molecule has 0 bridgehead atoms. The first-order chi connectivity index (χ1) is 22.7. The Morgan fingerprint density at radius 1 is 1.00 bits per heavy atom. The summed E-state index contributed by atoms with van der Waals surface area (Å²) in [5.41, 5.74) is -1.39. The van der Waals surface area contributed by atoms with Crippen LogP contribution >= 0.6 is 0 Å². The lowest BCUT2D eigenvalue weighted by atomic mass is 9.77. The van der Waals surface area contributed by atoms with Crippen molar-refractivity contribution in [1.82, 2.24) is 35.6 Å². The largest absolute Gasteiger partial charge is 0.497 e. The third-order valence-electron chi connectivity index (χ3n) is 9.83. The minimum atomic E-state index is -3.81. The van der Waals surface area contributed by atoms with E-state index in [0.29, 0.717) is 30.0 Å². The summed E-state index contributed by atoms with van der Waals surface area (Å²) in [5.74, 6) is -2.44. The van der Waals surface area contributed by atoms with Gasteiger partial charge in [-0.3, -0.25) is 19.1 Å². The lowest BCUT2D eigenvalue weighted by Gasteiger charge is -2.34. The number of tetrazole rings is 1.